The van der Waals surface area contributed by atoms with Crippen molar-refractivity contribution in [2.24, 2.45) is 0 Å². The average Bonchev–Trinajstić information content (AvgIpc) is 2.46. The van der Waals surface area contributed by atoms with Crippen molar-refractivity contribution in [3.8, 4) is 0 Å². The van der Waals surface area contributed by atoms with Crippen LogP contribution in [-0.4, -0.2) is 46.5 Å². The molecule has 1 aromatic carbocycles. The molecule has 3 N–H and O–H groups in total. The van der Waals surface area contributed by atoms with Gasteiger partial charge in [0, 0.05) is 29.9 Å². The predicted octanol–water partition coefficient (Wildman–Crippen LogP) is 2.54. The molecule has 0 aliphatic heterocycles. The maximum absolute atomic E-state index is 12.5. The molecule has 24 heavy (non-hydrogen) atoms. The van der Waals surface area contributed by atoms with Crippen LogP contribution in [0.3, 0.4) is 0 Å². The summed E-state index contributed by atoms with van der Waals surface area (Å²) in [4.78, 5) is 36.4. The summed E-state index contributed by atoms with van der Waals surface area (Å²) in [7, 11) is 0. The number of urea groups is 1. The van der Waals surface area contributed by atoms with E-state index in [1.54, 1.807) is 24.3 Å². The summed E-state index contributed by atoms with van der Waals surface area (Å²) in [6.07, 6.45) is -0.0983. The second-order valence-electron chi connectivity index (χ2n) is 6.07. The highest BCUT2D eigenvalue weighted by atomic mass is 16.4. The van der Waals surface area contributed by atoms with Crippen molar-refractivity contribution in [3.05, 3.63) is 29.8 Å². The average molecular weight is 335 g/mol. The molecule has 0 bridgehead atoms. The van der Waals surface area contributed by atoms with Gasteiger partial charge in [0.05, 0.1) is 6.42 Å². The van der Waals surface area contributed by atoms with Crippen molar-refractivity contribution >= 4 is 23.6 Å². The van der Waals surface area contributed by atoms with Crippen LogP contribution in [0.1, 0.15) is 44.5 Å². The Hall–Kier alpha value is -2.57. The number of benzene rings is 1. The van der Waals surface area contributed by atoms with Crippen LogP contribution in [0.2, 0.25) is 0 Å². The number of amides is 3. The lowest BCUT2D eigenvalue weighted by molar-refractivity contribution is -0.137. The molecule has 132 valence electrons. The van der Waals surface area contributed by atoms with Crippen molar-refractivity contribution in [2.75, 3.05) is 11.9 Å². The number of nitrogens with one attached hydrogen (secondary N) is 2. The molecule has 0 atom stereocenters. The molecule has 1 rings (SSSR count). The minimum atomic E-state index is -0.941. The van der Waals surface area contributed by atoms with Crippen LogP contribution >= 0.6 is 0 Å². The maximum Gasteiger partial charge on any atom is 0.319 e. The van der Waals surface area contributed by atoms with Crippen molar-refractivity contribution in [1.82, 2.24) is 10.2 Å². The lowest BCUT2D eigenvalue weighted by atomic mass is 10.1. The second-order valence-corrected chi connectivity index (χ2v) is 6.07. The third-order valence-electron chi connectivity index (χ3n) is 3.26. The molecule has 0 aliphatic carbocycles. The lowest BCUT2D eigenvalue weighted by Crippen LogP contribution is -2.38. The number of carbonyl (C=O) groups excluding carboxylic acids is 2. The van der Waals surface area contributed by atoms with E-state index in [1.165, 1.54) is 4.90 Å². The van der Waals surface area contributed by atoms with E-state index >= 15 is 0 Å². The minimum Gasteiger partial charge on any atom is -0.481 e. The van der Waals surface area contributed by atoms with Crippen molar-refractivity contribution in [3.63, 3.8) is 0 Å². The largest absolute Gasteiger partial charge is 0.481 e. The zero-order chi connectivity index (χ0) is 18.3. The lowest BCUT2D eigenvalue weighted by Gasteiger charge is -2.26. The van der Waals surface area contributed by atoms with Crippen LogP contribution < -0.4 is 10.6 Å². The molecule has 7 heteroatoms. The van der Waals surface area contributed by atoms with Gasteiger partial charge in [-0.25, -0.2) is 4.79 Å². The fourth-order valence-corrected chi connectivity index (χ4v) is 2.10. The number of nitrogens with zero attached hydrogens (tertiary/aromatic N) is 1. The first-order valence-electron chi connectivity index (χ1n) is 7.91. The highest BCUT2D eigenvalue weighted by Gasteiger charge is 2.19. The molecule has 7 nitrogen and oxygen atoms in total. The van der Waals surface area contributed by atoms with E-state index in [-0.39, 0.29) is 37.0 Å². The van der Waals surface area contributed by atoms with Gasteiger partial charge in [0.25, 0.3) is 5.91 Å². The Balaban J connectivity index is 2.77. The van der Waals surface area contributed by atoms with Gasteiger partial charge in [-0.2, -0.15) is 0 Å². The molecule has 0 aromatic heterocycles. The van der Waals surface area contributed by atoms with Crippen molar-refractivity contribution in [1.29, 1.82) is 0 Å². The van der Waals surface area contributed by atoms with E-state index < -0.39 is 5.97 Å². The highest BCUT2D eigenvalue weighted by Crippen LogP contribution is 2.13. The molecule has 0 heterocycles. The van der Waals surface area contributed by atoms with Gasteiger partial charge in [0.1, 0.15) is 0 Å². The van der Waals surface area contributed by atoms with Crippen molar-refractivity contribution < 1.29 is 19.5 Å². The Labute approximate surface area is 142 Å². The highest BCUT2D eigenvalue weighted by molar-refractivity contribution is 5.96. The zero-order valence-electron chi connectivity index (χ0n) is 14.5. The number of carboxylic acid groups (broad SMARTS) is 1. The number of carbonyl (C=O) groups is 3. The summed E-state index contributed by atoms with van der Waals surface area (Å²) in [5, 5.41) is 14.2. The topological polar surface area (TPSA) is 98.7 Å². The molecule has 0 fully saturated rings. The Bertz CT molecular complexity index is 582. The van der Waals surface area contributed by atoms with Crippen molar-refractivity contribution in [2.45, 2.75) is 46.2 Å². The van der Waals surface area contributed by atoms with Gasteiger partial charge in [-0.05, 0) is 52.0 Å². The zero-order valence-corrected chi connectivity index (χ0v) is 14.5. The summed E-state index contributed by atoms with van der Waals surface area (Å²) in [6, 6.07) is 6.12. The number of hydrogen-bond acceptors (Lipinski definition) is 3. The molecule has 3 amide bonds. The van der Waals surface area contributed by atoms with Gasteiger partial charge in [0.15, 0.2) is 0 Å². The van der Waals surface area contributed by atoms with Crippen LogP contribution in [0, 0.1) is 0 Å². The first-order chi connectivity index (χ1) is 11.2. The summed E-state index contributed by atoms with van der Waals surface area (Å²) in [5.74, 6) is -1.17. The summed E-state index contributed by atoms with van der Waals surface area (Å²) >= 11 is 0. The normalized spacial score (nSPS) is 10.6. The summed E-state index contributed by atoms with van der Waals surface area (Å²) < 4.78 is 0. The molecule has 0 aliphatic rings. The Kier molecular flexibility index (Phi) is 7.23. The Morgan fingerprint density at radius 2 is 1.67 bits per heavy atom. The molecular weight excluding hydrogens is 310 g/mol. The molecule has 0 spiro atoms. The third kappa shape index (κ3) is 6.28. The summed E-state index contributed by atoms with van der Waals surface area (Å²) in [5.41, 5.74) is 1.02. The van der Waals surface area contributed by atoms with Gasteiger partial charge < -0.3 is 20.6 Å². The summed E-state index contributed by atoms with van der Waals surface area (Å²) in [6.45, 7) is 7.55. The van der Waals surface area contributed by atoms with Crippen LogP contribution in [0.25, 0.3) is 0 Å². The fourth-order valence-electron chi connectivity index (χ4n) is 2.10. The standard InChI is InChI=1S/C17H25N3O4/c1-11(2)18-17(24)19-14-7-5-13(6-8-14)16(23)20(12(3)4)10-9-15(21)22/h5-8,11-12H,9-10H2,1-4H3,(H,21,22)(H2,18,19,24). The van der Waals surface area contributed by atoms with E-state index in [9.17, 15) is 14.4 Å². The fraction of sp³-hybridized carbons (Fsp3) is 0.471. The van der Waals surface area contributed by atoms with E-state index in [0.29, 0.717) is 11.3 Å². The Morgan fingerprint density at radius 3 is 2.12 bits per heavy atom. The van der Waals surface area contributed by atoms with Crippen LogP contribution in [0.4, 0.5) is 10.5 Å². The minimum absolute atomic E-state index is 0.0275. The number of rotatable bonds is 7. The number of aliphatic carboxylic acids is 1. The first-order valence-corrected chi connectivity index (χ1v) is 7.91. The van der Waals surface area contributed by atoms with Gasteiger partial charge in [-0.1, -0.05) is 0 Å². The van der Waals surface area contributed by atoms with Gasteiger partial charge in [0.2, 0.25) is 0 Å². The molecule has 1 aromatic rings. The van der Waals surface area contributed by atoms with Gasteiger partial charge in [-0.3, -0.25) is 9.59 Å². The molecular formula is C17H25N3O4. The van der Waals surface area contributed by atoms with Gasteiger partial charge >= 0.3 is 12.0 Å². The van der Waals surface area contributed by atoms with E-state index in [2.05, 4.69) is 10.6 Å². The molecule has 0 saturated heterocycles. The number of hydrogen-bond donors (Lipinski definition) is 3. The number of anilines is 1. The van der Waals surface area contributed by atoms with Crippen LogP contribution in [-0.2, 0) is 4.79 Å². The van der Waals surface area contributed by atoms with E-state index in [4.69, 9.17) is 5.11 Å². The van der Waals surface area contributed by atoms with E-state index in [0.717, 1.165) is 0 Å². The quantitative estimate of drug-likeness (QED) is 0.713. The maximum atomic E-state index is 12.5. The number of carboxylic acids is 1. The first kappa shape index (κ1) is 19.5. The third-order valence-corrected chi connectivity index (χ3v) is 3.26. The van der Waals surface area contributed by atoms with Gasteiger partial charge in [-0.15, -0.1) is 0 Å². The molecule has 0 saturated carbocycles. The van der Waals surface area contributed by atoms with Crippen LogP contribution in [0.5, 0.6) is 0 Å². The molecule has 0 unspecified atom stereocenters. The monoisotopic (exact) mass is 335 g/mol. The van der Waals surface area contributed by atoms with Crippen LogP contribution in [0.15, 0.2) is 24.3 Å². The Morgan fingerprint density at radius 1 is 1.08 bits per heavy atom. The molecule has 0 radical (unpaired) electrons. The SMILES string of the molecule is CC(C)NC(=O)Nc1ccc(C(=O)N(CCC(=O)O)C(C)C)cc1. The second kappa shape index (κ2) is 8.90. The van der Waals surface area contributed by atoms with E-state index in [1.807, 2.05) is 27.7 Å². The smallest absolute Gasteiger partial charge is 0.319 e. The predicted molar refractivity (Wildman–Crippen MR) is 92.2 cm³/mol.